The third kappa shape index (κ3) is 7.12. The molecule has 1 aliphatic rings. The topological polar surface area (TPSA) is 97.4 Å². The van der Waals surface area contributed by atoms with Crippen molar-refractivity contribution in [3.63, 3.8) is 0 Å². The molecular weight excluding hydrogens is 447 g/mol. The maximum absolute atomic E-state index is 11.9. The summed E-state index contributed by atoms with van der Waals surface area (Å²) >= 11 is -0.216. The number of carbonyl (C=O) groups is 3. The van der Waals surface area contributed by atoms with Crippen LogP contribution in [0.1, 0.15) is 27.7 Å². The third-order valence-corrected chi connectivity index (χ3v) is 6.73. The van der Waals surface area contributed by atoms with Crippen molar-refractivity contribution >= 4 is 37.3 Å². The summed E-state index contributed by atoms with van der Waals surface area (Å²) in [5.74, 6) is -1.56. The number of benzene rings is 1. The molecule has 0 saturated carbocycles. The van der Waals surface area contributed by atoms with Crippen LogP contribution in [0.15, 0.2) is 30.3 Å². The molecule has 0 spiro atoms. The molecule has 160 valence electrons. The molecule has 1 aromatic rings. The van der Waals surface area contributed by atoms with Gasteiger partial charge in [0.15, 0.2) is 0 Å². The molecule has 0 N–H and O–H groups in total. The van der Waals surface area contributed by atoms with Gasteiger partial charge in [0.1, 0.15) is 0 Å². The van der Waals surface area contributed by atoms with Gasteiger partial charge in [-0.15, -0.1) is 0 Å². The third-order valence-electron chi connectivity index (χ3n) is 3.99. The summed E-state index contributed by atoms with van der Waals surface area (Å²) in [7, 11) is 0. The zero-order valence-corrected chi connectivity index (χ0v) is 18.6. The number of ether oxygens (including phenoxy) is 5. The van der Waals surface area contributed by atoms with E-state index >= 15 is 0 Å². The van der Waals surface area contributed by atoms with E-state index in [4.69, 9.17) is 23.7 Å². The van der Waals surface area contributed by atoms with Crippen LogP contribution >= 0.6 is 0 Å². The van der Waals surface area contributed by atoms with Gasteiger partial charge in [0.05, 0.1) is 0 Å². The number of carbonyl (C=O) groups excluding carboxylic acids is 3. The fraction of sp³-hybridized carbons (Fsp3) is 0.550. The van der Waals surface area contributed by atoms with Crippen molar-refractivity contribution in [2.24, 2.45) is 0 Å². The Labute approximate surface area is 176 Å². The van der Waals surface area contributed by atoms with E-state index in [1.807, 2.05) is 37.3 Å². The quantitative estimate of drug-likeness (QED) is 0.313. The van der Waals surface area contributed by atoms with E-state index < -0.39 is 42.5 Å². The summed E-state index contributed by atoms with van der Waals surface area (Å²) in [6, 6.07) is 9.70. The van der Waals surface area contributed by atoms with Gasteiger partial charge in [0.25, 0.3) is 0 Å². The zero-order chi connectivity index (χ0) is 21.4. The van der Waals surface area contributed by atoms with Gasteiger partial charge in [-0.3, -0.25) is 0 Å². The van der Waals surface area contributed by atoms with Crippen LogP contribution in [0.3, 0.4) is 0 Å². The monoisotopic (exact) mass is 474 g/mol. The van der Waals surface area contributed by atoms with Crippen molar-refractivity contribution < 1.29 is 38.1 Å². The standard InChI is InChI=1S/C20H26O8Se/c1-5-24-20-19(29-15-9-7-6-8-10-15)18(27-14(4)23)17(26-13(3)22)16(28-20)11-25-12(2)21/h6-10,16-20H,5,11H2,1-4H3/t16-,17-,18+,19+,20+/m1/s1. The molecule has 0 bridgehead atoms. The van der Waals surface area contributed by atoms with Gasteiger partial charge in [-0.05, 0) is 0 Å². The number of rotatable bonds is 8. The van der Waals surface area contributed by atoms with E-state index in [1.54, 1.807) is 0 Å². The van der Waals surface area contributed by atoms with Crippen molar-refractivity contribution in [2.75, 3.05) is 13.2 Å². The first-order valence-corrected chi connectivity index (χ1v) is 11.1. The van der Waals surface area contributed by atoms with Gasteiger partial charge in [-0.2, -0.15) is 0 Å². The van der Waals surface area contributed by atoms with E-state index in [0.29, 0.717) is 6.61 Å². The van der Waals surface area contributed by atoms with Gasteiger partial charge in [0, 0.05) is 0 Å². The van der Waals surface area contributed by atoms with Crippen LogP contribution in [0.25, 0.3) is 0 Å². The number of hydrogen-bond donors (Lipinski definition) is 0. The summed E-state index contributed by atoms with van der Waals surface area (Å²) in [6.45, 7) is 5.88. The van der Waals surface area contributed by atoms with Crippen molar-refractivity contribution in [1.82, 2.24) is 0 Å². The summed E-state index contributed by atoms with van der Waals surface area (Å²) < 4.78 is 29.0. The minimum atomic E-state index is -0.928. The summed E-state index contributed by atoms with van der Waals surface area (Å²) in [5.41, 5.74) is 0. The van der Waals surface area contributed by atoms with Crippen LogP contribution in [0.5, 0.6) is 0 Å². The molecule has 1 fully saturated rings. The molecule has 0 aromatic heterocycles. The van der Waals surface area contributed by atoms with E-state index in [0.717, 1.165) is 4.46 Å². The molecule has 0 aliphatic carbocycles. The first-order chi connectivity index (χ1) is 13.8. The van der Waals surface area contributed by atoms with Gasteiger partial charge in [-0.25, -0.2) is 0 Å². The van der Waals surface area contributed by atoms with E-state index in [9.17, 15) is 14.4 Å². The molecule has 1 saturated heterocycles. The summed E-state index contributed by atoms with van der Waals surface area (Å²) in [4.78, 5) is 34.5. The van der Waals surface area contributed by atoms with Crippen LogP contribution in [0.2, 0.25) is 4.82 Å². The summed E-state index contributed by atoms with van der Waals surface area (Å²) in [6.07, 6.45) is -3.27. The van der Waals surface area contributed by atoms with Crippen LogP contribution < -0.4 is 4.46 Å². The predicted octanol–water partition coefficient (Wildman–Crippen LogP) is 0.993. The second kappa shape index (κ2) is 11.3. The normalized spacial score (nSPS) is 26.4. The molecule has 9 heteroatoms. The first kappa shape index (κ1) is 23.3. The molecule has 0 unspecified atom stereocenters. The average molecular weight is 473 g/mol. The van der Waals surface area contributed by atoms with Gasteiger partial charge >= 0.3 is 176 Å². The zero-order valence-electron chi connectivity index (χ0n) is 16.9. The molecule has 0 radical (unpaired) electrons. The van der Waals surface area contributed by atoms with E-state index in [-0.39, 0.29) is 26.4 Å². The second-order valence-corrected chi connectivity index (χ2v) is 8.97. The first-order valence-electron chi connectivity index (χ1n) is 9.28. The molecule has 0 amide bonds. The Hall–Kier alpha value is -1.93. The molecule has 5 atom stereocenters. The van der Waals surface area contributed by atoms with Crippen molar-refractivity contribution in [1.29, 1.82) is 0 Å². The van der Waals surface area contributed by atoms with E-state index in [1.165, 1.54) is 20.8 Å². The van der Waals surface area contributed by atoms with Gasteiger partial charge < -0.3 is 0 Å². The molecule has 1 heterocycles. The minimum absolute atomic E-state index is 0.153. The Bertz CT molecular complexity index is 695. The molecule has 1 aliphatic heterocycles. The van der Waals surface area contributed by atoms with Crippen molar-refractivity contribution in [2.45, 2.75) is 57.1 Å². The Morgan fingerprint density at radius 1 is 0.966 bits per heavy atom. The van der Waals surface area contributed by atoms with Crippen molar-refractivity contribution in [3.05, 3.63) is 30.3 Å². The Kier molecular flexibility index (Phi) is 9.10. The predicted molar refractivity (Wildman–Crippen MR) is 104 cm³/mol. The Morgan fingerprint density at radius 2 is 1.59 bits per heavy atom. The fourth-order valence-electron chi connectivity index (χ4n) is 2.95. The SMILES string of the molecule is CCO[C@H]1O[C@H](COC(C)=O)[C@@H](OC(C)=O)[C@H](OC(C)=O)[C@@H]1[Se]c1ccccc1. The average Bonchev–Trinajstić information content (AvgIpc) is 2.65. The maximum atomic E-state index is 11.9. The Morgan fingerprint density at radius 3 is 2.14 bits per heavy atom. The second-order valence-electron chi connectivity index (χ2n) is 6.34. The number of esters is 3. The molecule has 1 aromatic carbocycles. The van der Waals surface area contributed by atoms with Crippen LogP contribution in [-0.2, 0) is 38.1 Å². The number of hydrogen-bond acceptors (Lipinski definition) is 8. The summed E-state index contributed by atoms with van der Waals surface area (Å²) in [5, 5.41) is 0. The van der Waals surface area contributed by atoms with Crippen LogP contribution in [0.4, 0.5) is 0 Å². The molecule has 2 rings (SSSR count). The molecule has 8 nitrogen and oxygen atoms in total. The molecule has 29 heavy (non-hydrogen) atoms. The van der Waals surface area contributed by atoms with Gasteiger partial charge in [-0.1, -0.05) is 0 Å². The fourth-order valence-corrected chi connectivity index (χ4v) is 5.53. The van der Waals surface area contributed by atoms with E-state index in [2.05, 4.69) is 0 Å². The van der Waals surface area contributed by atoms with Crippen LogP contribution in [-0.4, -0.2) is 70.7 Å². The van der Waals surface area contributed by atoms with Crippen LogP contribution in [0, 0.1) is 0 Å². The Balaban J connectivity index is 2.38. The van der Waals surface area contributed by atoms with Gasteiger partial charge in [0.2, 0.25) is 0 Å². The van der Waals surface area contributed by atoms with Crippen molar-refractivity contribution in [3.8, 4) is 0 Å². The molecular formula is C20H26O8Se.